The normalized spacial score (nSPS) is 16.2. The summed E-state index contributed by atoms with van der Waals surface area (Å²) in [6, 6.07) is 5.70. The van der Waals surface area contributed by atoms with Gasteiger partial charge in [-0.15, -0.1) is 0 Å². The summed E-state index contributed by atoms with van der Waals surface area (Å²) in [5, 5.41) is 15.3. The maximum Gasteiger partial charge on any atom is 0.125 e. The van der Waals surface area contributed by atoms with Crippen LogP contribution in [0.5, 0.6) is 0 Å². The molecule has 2 heterocycles. The van der Waals surface area contributed by atoms with Gasteiger partial charge in [0.2, 0.25) is 0 Å². The van der Waals surface area contributed by atoms with Gasteiger partial charge in [0.05, 0.1) is 5.56 Å². The van der Waals surface area contributed by atoms with Crippen LogP contribution in [0.25, 0.3) is 0 Å². The highest BCUT2D eigenvalue weighted by molar-refractivity contribution is 5.38. The first-order valence-corrected chi connectivity index (χ1v) is 6.41. The van der Waals surface area contributed by atoms with Crippen molar-refractivity contribution in [1.82, 2.24) is 15.2 Å². The van der Waals surface area contributed by atoms with Crippen LogP contribution in [0.1, 0.15) is 12.0 Å². The van der Waals surface area contributed by atoms with Crippen molar-refractivity contribution in [2.24, 2.45) is 0 Å². The highest BCUT2D eigenvalue weighted by atomic mass is 15.2. The van der Waals surface area contributed by atoms with Crippen molar-refractivity contribution in [3.8, 4) is 6.07 Å². The zero-order chi connectivity index (χ0) is 12.6. The summed E-state index contributed by atoms with van der Waals surface area (Å²) in [5.74, 6) is 0.842. The number of nitriles is 1. The van der Waals surface area contributed by atoms with Gasteiger partial charge in [-0.2, -0.15) is 5.26 Å². The molecule has 0 spiro atoms. The smallest absolute Gasteiger partial charge is 0.125 e. The molecule has 0 radical (unpaired) electrons. The summed E-state index contributed by atoms with van der Waals surface area (Å²) in [7, 11) is 0. The van der Waals surface area contributed by atoms with Crippen LogP contribution in [-0.2, 0) is 0 Å². The Morgan fingerprint density at radius 1 is 1.39 bits per heavy atom. The van der Waals surface area contributed by atoms with Crippen molar-refractivity contribution in [2.45, 2.75) is 6.42 Å². The standard InChI is InChI=1S/C13H19N5/c14-10-12-2-3-13(17-11-12)16-4-1-7-18-8-5-15-6-9-18/h2-3,11,15H,1,4-9H2,(H,16,17). The molecule has 5 nitrogen and oxygen atoms in total. The zero-order valence-electron chi connectivity index (χ0n) is 10.5. The molecule has 2 N–H and O–H groups in total. The van der Waals surface area contributed by atoms with Crippen LogP contribution in [0.4, 0.5) is 5.82 Å². The Kier molecular flexibility index (Phi) is 4.94. The number of nitrogens with one attached hydrogen (secondary N) is 2. The van der Waals surface area contributed by atoms with E-state index in [1.165, 1.54) is 0 Å². The number of pyridine rings is 1. The first-order chi connectivity index (χ1) is 8.88. The Morgan fingerprint density at radius 2 is 2.22 bits per heavy atom. The number of hydrogen-bond donors (Lipinski definition) is 2. The van der Waals surface area contributed by atoms with Crippen LogP contribution in [0.3, 0.4) is 0 Å². The van der Waals surface area contributed by atoms with E-state index < -0.39 is 0 Å². The predicted molar refractivity (Wildman–Crippen MR) is 71.4 cm³/mol. The lowest BCUT2D eigenvalue weighted by Gasteiger charge is -2.27. The van der Waals surface area contributed by atoms with E-state index in [2.05, 4.69) is 26.6 Å². The van der Waals surface area contributed by atoms with Gasteiger partial charge in [0.25, 0.3) is 0 Å². The lowest BCUT2D eigenvalue weighted by molar-refractivity contribution is 0.240. The molecular formula is C13H19N5. The van der Waals surface area contributed by atoms with E-state index in [4.69, 9.17) is 5.26 Å². The molecule has 0 unspecified atom stereocenters. The third-order valence-corrected chi connectivity index (χ3v) is 3.06. The Morgan fingerprint density at radius 3 is 2.89 bits per heavy atom. The minimum absolute atomic E-state index is 0.598. The quantitative estimate of drug-likeness (QED) is 0.746. The number of piperazine rings is 1. The number of nitrogens with zero attached hydrogens (tertiary/aromatic N) is 3. The van der Waals surface area contributed by atoms with Gasteiger partial charge >= 0.3 is 0 Å². The molecule has 2 rings (SSSR count). The maximum atomic E-state index is 8.67. The third-order valence-electron chi connectivity index (χ3n) is 3.06. The van der Waals surface area contributed by atoms with E-state index in [0.29, 0.717) is 5.56 Å². The molecule has 1 fully saturated rings. The molecule has 0 saturated carbocycles. The minimum Gasteiger partial charge on any atom is -0.370 e. The molecule has 1 aromatic heterocycles. The van der Waals surface area contributed by atoms with Gasteiger partial charge in [0.1, 0.15) is 11.9 Å². The van der Waals surface area contributed by atoms with Crippen molar-refractivity contribution < 1.29 is 0 Å². The molecular weight excluding hydrogens is 226 g/mol. The van der Waals surface area contributed by atoms with Crippen molar-refractivity contribution in [3.63, 3.8) is 0 Å². The van der Waals surface area contributed by atoms with Crippen molar-refractivity contribution in [2.75, 3.05) is 44.6 Å². The topological polar surface area (TPSA) is 64.0 Å². The van der Waals surface area contributed by atoms with Crippen LogP contribution in [0.2, 0.25) is 0 Å². The van der Waals surface area contributed by atoms with Gasteiger partial charge in [-0.05, 0) is 25.1 Å². The van der Waals surface area contributed by atoms with Crippen LogP contribution in [-0.4, -0.2) is 49.2 Å². The fourth-order valence-electron chi connectivity index (χ4n) is 2.02. The fraction of sp³-hybridized carbons (Fsp3) is 0.538. The Bertz CT molecular complexity index is 389. The molecule has 1 saturated heterocycles. The lowest BCUT2D eigenvalue weighted by Crippen LogP contribution is -2.44. The van der Waals surface area contributed by atoms with Gasteiger partial charge in [0.15, 0.2) is 0 Å². The van der Waals surface area contributed by atoms with Gasteiger partial charge in [-0.3, -0.25) is 0 Å². The minimum atomic E-state index is 0.598. The van der Waals surface area contributed by atoms with E-state index in [-0.39, 0.29) is 0 Å². The van der Waals surface area contributed by atoms with Crippen molar-refractivity contribution in [1.29, 1.82) is 5.26 Å². The molecule has 0 aliphatic carbocycles. The molecule has 1 aliphatic heterocycles. The van der Waals surface area contributed by atoms with Crippen LogP contribution >= 0.6 is 0 Å². The summed E-state index contributed by atoms with van der Waals surface area (Å²) < 4.78 is 0. The first-order valence-electron chi connectivity index (χ1n) is 6.41. The number of anilines is 1. The van der Waals surface area contributed by atoms with Crippen molar-refractivity contribution in [3.05, 3.63) is 23.9 Å². The molecule has 0 bridgehead atoms. The fourth-order valence-corrected chi connectivity index (χ4v) is 2.02. The molecule has 18 heavy (non-hydrogen) atoms. The molecule has 0 amide bonds. The second-order valence-corrected chi connectivity index (χ2v) is 4.42. The van der Waals surface area contributed by atoms with E-state index in [1.807, 2.05) is 6.07 Å². The highest BCUT2D eigenvalue weighted by Gasteiger charge is 2.07. The molecule has 0 atom stereocenters. The van der Waals surface area contributed by atoms with E-state index >= 15 is 0 Å². The Hall–Kier alpha value is -1.64. The van der Waals surface area contributed by atoms with Crippen LogP contribution in [0, 0.1) is 11.3 Å². The highest BCUT2D eigenvalue weighted by Crippen LogP contribution is 2.04. The van der Waals surface area contributed by atoms with Gasteiger partial charge in [-0.1, -0.05) is 0 Å². The third kappa shape index (κ3) is 3.99. The Balaban J connectivity index is 1.63. The molecule has 0 aromatic carbocycles. The lowest BCUT2D eigenvalue weighted by atomic mass is 10.3. The zero-order valence-corrected chi connectivity index (χ0v) is 10.5. The van der Waals surface area contributed by atoms with E-state index in [0.717, 1.165) is 51.5 Å². The summed E-state index contributed by atoms with van der Waals surface area (Å²) in [6.07, 6.45) is 2.71. The largest absolute Gasteiger partial charge is 0.370 e. The van der Waals surface area contributed by atoms with Gasteiger partial charge < -0.3 is 15.5 Å². The van der Waals surface area contributed by atoms with Gasteiger partial charge in [-0.25, -0.2) is 4.98 Å². The van der Waals surface area contributed by atoms with Crippen LogP contribution < -0.4 is 10.6 Å². The molecule has 1 aliphatic rings. The second-order valence-electron chi connectivity index (χ2n) is 4.42. The predicted octanol–water partition coefficient (Wildman–Crippen LogP) is 0.660. The molecule has 5 heteroatoms. The number of rotatable bonds is 5. The summed E-state index contributed by atoms with van der Waals surface area (Å²) >= 11 is 0. The van der Waals surface area contributed by atoms with E-state index in [9.17, 15) is 0 Å². The average Bonchev–Trinajstić information content (AvgIpc) is 2.45. The first kappa shape index (κ1) is 12.8. The second kappa shape index (κ2) is 6.94. The van der Waals surface area contributed by atoms with Crippen LogP contribution in [0.15, 0.2) is 18.3 Å². The molecule has 96 valence electrons. The number of hydrogen-bond acceptors (Lipinski definition) is 5. The summed E-state index contributed by atoms with van der Waals surface area (Å²) in [6.45, 7) is 6.55. The Labute approximate surface area is 108 Å². The number of aromatic nitrogens is 1. The van der Waals surface area contributed by atoms with Gasteiger partial charge in [0, 0.05) is 38.9 Å². The summed E-state index contributed by atoms with van der Waals surface area (Å²) in [4.78, 5) is 6.65. The summed E-state index contributed by atoms with van der Waals surface area (Å²) in [5.41, 5.74) is 0.598. The van der Waals surface area contributed by atoms with E-state index in [1.54, 1.807) is 12.3 Å². The average molecular weight is 245 g/mol. The maximum absolute atomic E-state index is 8.67. The van der Waals surface area contributed by atoms with Crippen molar-refractivity contribution >= 4 is 5.82 Å². The molecule has 1 aromatic rings. The SMILES string of the molecule is N#Cc1ccc(NCCCN2CCNCC2)nc1. The monoisotopic (exact) mass is 245 g/mol.